The molecule has 4 aromatic rings. The highest BCUT2D eigenvalue weighted by atomic mass is 16.5. The van der Waals surface area contributed by atoms with Crippen molar-refractivity contribution < 1.29 is 14.6 Å². The third kappa shape index (κ3) is 3.92. The first-order valence-electron chi connectivity index (χ1n) is 11.1. The van der Waals surface area contributed by atoms with E-state index in [0.717, 1.165) is 47.7 Å². The molecule has 0 fully saturated rings. The molecule has 1 aliphatic rings. The molecule has 4 heteroatoms. The number of ether oxygens (including phenoxy) is 1. The minimum Gasteiger partial charge on any atom is -0.481 e. The van der Waals surface area contributed by atoms with Gasteiger partial charge < -0.3 is 14.4 Å². The molecule has 0 atom stereocenters. The number of fused-ring (bicyclic) bond motifs is 1. The molecular formula is C28H25NO3. The van der Waals surface area contributed by atoms with E-state index in [4.69, 9.17) is 4.74 Å². The smallest absolute Gasteiger partial charge is 0.303 e. The van der Waals surface area contributed by atoms with Crippen molar-refractivity contribution in [3.8, 4) is 33.8 Å². The van der Waals surface area contributed by atoms with Crippen molar-refractivity contribution in [2.75, 3.05) is 0 Å². The third-order valence-electron chi connectivity index (χ3n) is 6.03. The number of hydrogen-bond acceptors (Lipinski definition) is 2. The number of carboxylic acids is 1. The zero-order chi connectivity index (χ0) is 21.9. The highest BCUT2D eigenvalue weighted by molar-refractivity contribution is 5.88. The standard InChI is InChI=1S/C28H25NO3/c30-26(31)18-17-25-28(21-13-15-23(16-14-21)32-22-10-5-2-6-11-22)27(20-8-3-1-4-9-20)24-12-7-19-29(24)25/h1-6,8-11,13-16H,7,12,17-19H2,(H,30,31). The lowest BCUT2D eigenvalue weighted by molar-refractivity contribution is -0.136. The summed E-state index contributed by atoms with van der Waals surface area (Å²) in [5.74, 6) is 0.813. The van der Waals surface area contributed by atoms with E-state index in [9.17, 15) is 9.90 Å². The topological polar surface area (TPSA) is 51.5 Å². The van der Waals surface area contributed by atoms with Crippen LogP contribution < -0.4 is 4.74 Å². The van der Waals surface area contributed by atoms with E-state index in [1.54, 1.807) is 0 Å². The van der Waals surface area contributed by atoms with Gasteiger partial charge in [-0.2, -0.15) is 0 Å². The van der Waals surface area contributed by atoms with E-state index in [-0.39, 0.29) is 6.42 Å². The van der Waals surface area contributed by atoms with Gasteiger partial charge in [0.1, 0.15) is 11.5 Å². The summed E-state index contributed by atoms with van der Waals surface area (Å²) in [6, 6.07) is 28.3. The maximum atomic E-state index is 11.4. The second-order valence-corrected chi connectivity index (χ2v) is 8.10. The summed E-state index contributed by atoms with van der Waals surface area (Å²) in [4.78, 5) is 11.4. The molecule has 32 heavy (non-hydrogen) atoms. The molecule has 5 rings (SSSR count). The number of para-hydroxylation sites is 1. The maximum Gasteiger partial charge on any atom is 0.303 e. The van der Waals surface area contributed by atoms with Crippen LogP contribution in [0.5, 0.6) is 11.5 Å². The van der Waals surface area contributed by atoms with E-state index in [0.29, 0.717) is 6.42 Å². The maximum absolute atomic E-state index is 11.4. The molecule has 160 valence electrons. The summed E-state index contributed by atoms with van der Waals surface area (Å²) in [6.45, 7) is 0.944. The first kappa shape index (κ1) is 20.1. The molecule has 2 heterocycles. The Morgan fingerprint density at radius 2 is 1.44 bits per heavy atom. The molecular weight excluding hydrogens is 398 g/mol. The Labute approximate surface area is 187 Å². The van der Waals surface area contributed by atoms with Crippen LogP contribution in [0.15, 0.2) is 84.9 Å². The first-order chi connectivity index (χ1) is 15.7. The number of carbonyl (C=O) groups is 1. The summed E-state index contributed by atoms with van der Waals surface area (Å²) in [6.07, 6.45) is 2.76. The zero-order valence-corrected chi connectivity index (χ0v) is 17.8. The van der Waals surface area contributed by atoms with Crippen LogP contribution in [0.1, 0.15) is 24.2 Å². The van der Waals surface area contributed by atoms with Gasteiger partial charge in [-0.15, -0.1) is 0 Å². The zero-order valence-electron chi connectivity index (χ0n) is 17.8. The highest BCUT2D eigenvalue weighted by Gasteiger charge is 2.27. The molecule has 0 aliphatic carbocycles. The van der Waals surface area contributed by atoms with Crippen LogP contribution in [-0.4, -0.2) is 15.6 Å². The van der Waals surface area contributed by atoms with Crippen LogP contribution in [0.2, 0.25) is 0 Å². The molecule has 0 bridgehead atoms. The Morgan fingerprint density at radius 1 is 0.812 bits per heavy atom. The van der Waals surface area contributed by atoms with E-state index < -0.39 is 5.97 Å². The number of aromatic nitrogens is 1. The fraction of sp³-hybridized carbons (Fsp3) is 0.179. The second kappa shape index (κ2) is 8.75. The molecule has 0 spiro atoms. The molecule has 0 unspecified atom stereocenters. The van der Waals surface area contributed by atoms with Crippen LogP contribution >= 0.6 is 0 Å². The van der Waals surface area contributed by atoms with Gasteiger partial charge in [-0.3, -0.25) is 4.79 Å². The van der Waals surface area contributed by atoms with Crippen molar-refractivity contribution in [3.63, 3.8) is 0 Å². The van der Waals surface area contributed by atoms with Gasteiger partial charge in [0.25, 0.3) is 0 Å². The van der Waals surface area contributed by atoms with E-state index in [1.807, 2.05) is 48.5 Å². The van der Waals surface area contributed by atoms with Crippen LogP contribution in [0.3, 0.4) is 0 Å². The number of carboxylic acid groups (broad SMARTS) is 1. The van der Waals surface area contributed by atoms with Gasteiger partial charge in [-0.05, 0) is 54.7 Å². The normalized spacial score (nSPS) is 12.5. The van der Waals surface area contributed by atoms with Crippen molar-refractivity contribution in [2.45, 2.75) is 32.2 Å². The Hall–Kier alpha value is -3.79. The molecule has 4 nitrogen and oxygen atoms in total. The Bertz CT molecular complexity index is 1230. The summed E-state index contributed by atoms with van der Waals surface area (Å²) in [5, 5.41) is 9.36. The van der Waals surface area contributed by atoms with Crippen molar-refractivity contribution in [3.05, 3.63) is 96.3 Å². The number of benzene rings is 3. The quantitative estimate of drug-likeness (QED) is 0.365. The SMILES string of the molecule is O=C(O)CCc1c(-c2ccc(Oc3ccccc3)cc2)c(-c2ccccc2)c2n1CCC2. The van der Waals surface area contributed by atoms with E-state index >= 15 is 0 Å². The number of nitrogens with zero attached hydrogens (tertiary/aromatic N) is 1. The van der Waals surface area contributed by atoms with Gasteiger partial charge in [0, 0.05) is 29.1 Å². The molecule has 1 aromatic heterocycles. The van der Waals surface area contributed by atoms with Crippen molar-refractivity contribution in [2.24, 2.45) is 0 Å². The lowest BCUT2D eigenvalue weighted by Gasteiger charge is -2.12. The number of hydrogen-bond donors (Lipinski definition) is 1. The Morgan fingerprint density at radius 3 is 2.12 bits per heavy atom. The highest BCUT2D eigenvalue weighted by Crippen LogP contribution is 2.43. The van der Waals surface area contributed by atoms with Crippen LogP contribution in [0.4, 0.5) is 0 Å². The van der Waals surface area contributed by atoms with Gasteiger partial charge in [0.2, 0.25) is 0 Å². The molecule has 3 aromatic carbocycles. The van der Waals surface area contributed by atoms with Crippen molar-refractivity contribution in [1.29, 1.82) is 0 Å². The van der Waals surface area contributed by atoms with Crippen LogP contribution in [0.25, 0.3) is 22.3 Å². The summed E-state index contributed by atoms with van der Waals surface area (Å²) >= 11 is 0. The average Bonchev–Trinajstić information content (AvgIpc) is 3.40. The lowest BCUT2D eigenvalue weighted by Crippen LogP contribution is -2.05. The second-order valence-electron chi connectivity index (χ2n) is 8.10. The summed E-state index contributed by atoms with van der Waals surface area (Å²) < 4.78 is 8.33. The fourth-order valence-electron chi connectivity index (χ4n) is 4.68. The predicted molar refractivity (Wildman–Crippen MR) is 126 cm³/mol. The minimum atomic E-state index is -0.766. The summed E-state index contributed by atoms with van der Waals surface area (Å²) in [7, 11) is 0. The minimum absolute atomic E-state index is 0.125. The molecule has 0 amide bonds. The van der Waals surface area contributed by atoms with E-state index in [2.05, 4.69) is 41.0 Å². The predicted octanol–water partition coefficient (Wildman–Crippen LogP) is 6.58. The molecule has 0 radical (unpaired) electrons. The van der Waals surface area contributed by atoms with Gasteiger partial charge in [-0.1, -0.05) is 60.7 Å². The van der Waals surface area contributed by atoms with Gasteiger partial charge in [0.15, 0.2) is 0 Å². The van der Waals surface area contributed by atoms with Crippen LogP contribution in [0, 0.1) is 0 Å². The van der Waals surface area contributed by atoms with Gasteiger partial charge in [-0.25, -0.2) is 0 Å². The van der Waals surface area contributed by atoms with E-state index in [1.165, 1.54) is 16.8 Å². The first-order valence-corrected chi connectivity index (χ1v) is 11.1. The monoisotopic (exact) mass is 423 g/mol. The van der Waals surface area contributed by atoms with Gasteiger partial charge >= 0.3 is 5.97 Å². The largest absolute Gasteiger partial charge is 0.481 e. The van der Waals surface area contributed by atoms with Crippen LogP contribution in [-0.2, 0) is 24.2 Å². The molecule has 1 aliphatic heterocycles. The summed E-state index contributed by atoms with van der Waals surface area (Å²) in [5.41, 5.74) is 7.09. The molecule has 1 N–H and O–H groups in total. The third-order valence-corrected chi connectivity index (χ3v) is 6.03. The number of rotatable bonds is 7. The van der Waals surface area contributed by atoms with Gasteiger partial charge in [0.05, 0.1) is 6.42 Å². The Kier molecular flexibility index (Phi) is 5.51. The fourth-order valence-corrected chi connectivity index (χ4v) is 4.68. The Balaban J connectivity index is 1.59. The van der Waals surface area contributed by atoms with Crippen molar-refractivity contribution in [1.82, 2.24) is 4.57 Å². The molecule has 0 saturated carbocycles. The lowest BCUT2D eigenvalue weighted by atomic mass is 9.92. The number of aliphatic carboxylic acids is 1. The van der Waals surface area contributed by atoms with Crippen molar-refractivity contribution >= 4 is 5.97 Å². The average molecular weight is 424 g/mol. The molecule has 0 saturated heterocycles.